The Hall–Kier alpha value is -1.17. The number of halogens is 1. The summed E-state index contributed by atoms with van der Waals surface area (Å²) in [4.78, 5) is 2.24. The lowest BCUT2D eigenvalue weighted by molar-refractivity contribution is 0.145. The number of aliphatic hydroxyl groups excluding tert-OH is 1. The van der Waals surface area contributed by atoms with Gasteiger partial charge in [-0.1, -0.05) is 0 Å². The third kappa shape index (κ3) is 4.66. The van der Waals surface area contributed by atoms with E-state index in [2.05, 4.69) is 10.2 Å². The van der Waals surface area contributed by atoms with Crippen LogP contribution >= 0.6 is 0 Å². The van der Waals surface area contributed by atoms with E-state index in [1.165, 1.54) is 6.07 Å². The van der Waals surface area contributed by atoms with Gasteiger partial charge in [0.05, 0.1) is 12.7 Å². The molecule has 1 aromatic carbocycles. The maximum Gasteiger partial charge on any atom is 0.123 e. The number of anilines is 1. The van der Waals surface area contributed by atoms with Crippen molar-refractivity contribution in [1.29, 1.82) is 0 Å². The Morgan fingerprint density at radius 3 is 2.82 bits per heavy atom. The standard InChI is InChI=1S/C17H27FN2O2/c1-3-22-11-8-19-13(2)16-12-14(18)4-5-17(16)20-9-6-15(21)7-10-20/h4-5,12-13,15,19,21H,3,6-11H2,1-2H3. The minimum absolute atomic E-state index is 0.0537. The van der Waals surface area contributed by atoms with Crippen LogP contribution in [-0.4, -0.2) is 44.1 Å². The highest BCUT2D eigenvalue weighted by Gasteiger charge is 2.21. The summed E-state index contributed by atoms with van der Waals surface area (Å²) in [5, 5.41) is 13.0. The number of aliphatic hydroxyl groups is 1. The molecule has 0 spiro atoms. The van der Waals surface area contributed by atoms with Crippen LogP contribution in [0.4, 0.5) is 10.1 Å². The Bertz CT molecular complexity index is 462. The molecule has 1 aromatic rings. The number of hydrogen-bond donors (Lipinski definition) is 2. The average Bonchev–Trinajstić information content (AvgIpc) is 2.52. The van der Waals surface area contributed by atoms with Crippen molar-refractivity contribution >= 4 is 5.69 Å². The monoisotopic (exact) mass is 310 g/mol. The number of rotatable bonds is 7. The summed E-state index contributed by atoms with van der Waals surface area (Å²) in [7, 11) is 0. The molecule has 0 aliphatic carbocycles. The van der Waals surface area contributed by atoms with Gasteiger partial charge in [-0.2, -0.15) is 0 Å². The second-order valence-corrected chi connectivity index (χ2v) is 5.79. The quantitative estimate of drug-likeness (QED) is 0.760. The van der Waals surface area contributed by atoms with E-state index in [9.17, 15) is 9.50 Å². The van der Waals surface area contributed by atoms with E-state index in [1.54, 1.807) is 6.07 Å². The fourth-order valence-corrected chi connectivity index (χ4v) is 2.87. The number of nitrogens with zero attached hydrogens (tertiary/aromatic N) is 1. The molecule has 1 unspecified atom stereocenters. The van der Waals surface area contributed by atoms with Gasteiger partial charge in [-0.05, 0) is 50.5 Å². The summed E-state index contributed by atoms with van der Waals surface area (Å²) in [5.74, 6) is -0.214. The van der Waals surface area contributed by atoms with E-state index in [0.29, 0.717) is 13.2 Å². The van der Waals surface area contributed by atoms with Crippen molar-refractivity contribution in [3.05, 3.63) is 29.6 Å². The number of nitrogens with one attached hydrogen (secondary N) is 1. The molecule has 1 aliphatic rings. The van der Waals surface area contributed by atoms with E-state index in [0.717, 1.165) is 43.7 Å². The fraction of sp³-hybridized carbons (Fsp3) is 0.647. The van der Waals surface area contributed by atoms with Gasteiger partial charge in [-0.15, -0.1) is 0 Å². The molecule has 1 atom stereocenters. The molecule has 0 aromatic heterocycles. The van der Waals surface area contributed by atoms with E-state index in [-0.39, 0.29) is 18.0 Å². The third-order valence-corrected chi connectivity index (χ3v) is 4.16. The highest BCUT2D eigenvalue weighted by atomic mass is 19.1. The number of piperidine rings is 1. The summed E-state index contributed by atoms with van der Waals surface area (Å²) < 4.78 is 19.0. The lowest BCUT2D eigenvalue weighted by Crippen LogP contribution is -2.37. The maximum absolute atomic E-state index is 13.7. The molecule has 1 aliphatic heterocycles. The van der Waals surface area contributed by atoms with Gasteiger partial charge in [-0.3, -0.25) is 0 Å². The van der Waals surface area contributed by atoms with Crippen molar-refractivity contribution < 1.29 is 14.2 Å². The number of hydrogen-bond acceptors (Lipinski definition) is 4. The van der Waals surface area contributed by atoms with Crippen molar-refractivity contribution in [2.24, 2.45) is 0 Å². The Morgan fingerprint density at radius 2 is 2.14 bits per heavy atom. The molecule has 1 fully saturated rings. The van der Waals surface area contributed by atoms with Gasteiger partial charge in [0.25, 0.3) is 0 Å². The normalized spacial score (nSPS) is 17.7. The zero-order chi connectivity index (χ0) is 15.9. The van der Waals surface area contributed by atoms with Gasteiger partial charge in [-0.25, -0.2) is 4.39 Å². The predicted octanol–water partition coefficient (Wildman–Crippen LogP) is 2.47. The van der Waals surface area contributed by atoms with Crippen molar-refractivity contribution in [1.82, 2.24) is 5.32 Å². The molecular formula is C17H27FN2O2. The molecule has 0 saturated carbocycles. The molecule has 2 rings (SSSR count). The maximum atomic E-state index is 13.7. The Labute approximate surface area is 132 Å². The van der Waals surface area contributed by atoms with Crippen molar-refractivity contribution in [2.45, 2.75) is 38.8 Å². The molecular weight excluding hydrogens is 283 g/mol. The second kappa shape index (κ2) is 8.46. The van der Waals surface area contributed by atoms with Crippen molar-refractivity contribution in [2.75, 3.05) is 37.7 Å². The van der Waals surface area contributed by atoms with Gasteiger partial charge >= 0.3 is 0 Å². The molecule has 1 saturated heterocycles. The summed E-state index contributed by atoms with van der Waals surface area (Å²) in [6, 6.07) is 5.02. The van der Waals surface area contributed by atoms with Crippen LogP contribution < -0.4 is 10.2 Å². The summed E-state index contributed by atoms with van der Waals surface area (Å²) in [6.45, 7) is 7.74. The van der Waals surface area contributed by atoms with Crippen molar-refractivity contribution in [3.8, 4) is 0 Å². The average molecular weight is 310 g/mol. The number of benzene rings is 1. The molecule has 22 heavy (non-hydrogen) atoms. The first kappa shape index (κ1) is 17.2. The minimum atomic E-state index is -0.214. The zero-order valence-corrected chi connectivity index (χ0v) is 13.5. The summed E-state index contributed by atoms with van der Waals surface area (Å²) in [5.41, 5.74) is 2.03. The van der Waals surface area contributed by atoms with Gasteiger partial charge in [0, 0.05) is 38.0 Å². The van der Waals surface area contributed by atoms with Crippen LogP contribution in [0.1, 0.15) is 38.3 Å². The first-order chi connectivity index (χ1) is 10.6. The Balaban J connectivity index is 2.06. The van der Waals surface area contributed by atoms with Crippen LogP contribution in [0.15, 0.2) is 18.2 Å². The van der Waals surface area contributed by atoms with Gasteiger partial charge in [0.15, 0.2) is 0 Å². The van der Waals surface area contributed by atoms with E-state index in [1.807, 2.05) is 19.9 Å². The third-order valence-electron chi connectivity index (χ3n) is 4.16. The number of ether oxygens (including phenoxy) is 1. The van der Waals surface area contributed by atoms with Gasteiger partial charge in [0.2, 0.25) is 0 Å². The van der Waals surface area contributed by atoms with Gasteiger partial charge < -0.3 is 20.1 Å². The molecule has 0 bridgehead atoms. The van der Waals surface area contributed by atoms with Crippen LogP contribution in [0.5, 0.6) is 0 Å². The molecule has 0 amide bonds. The molecule has 1 heterocycles. The molecule has 4 nitrogen and oxygen atoms in total. The van der Waals surface area contributed by atoms with Crippen LogP contribution in [-0.2, 0) is 4.74 Å². The van der Waals surface area contributed by atoms with E-state index >= 15 is 0 Å². The highest BCUT2D eigenvalue weighted by Crippen LogP contribution is 2.29. The van der Waals surface area contributed by atoms with Crippen LogP contribution in [0.2, 0.25) is 0 Å². The first-order valence-electron chi connectivity index (χ1n) is 8.15. The molecule has 0 radical (unpaired) electrons. The molecule has 2 N–H and O–H groups in total. The fourth-order valence-electron chi connectivity index (χ4n) is 2.87. The summed E-state index contributed by atoms with van der Waals surface area (Å²) in [6.07, 6.45) is 1.33. The Morgan fingerprint density at radius 1 is 1.41 bits per heavy atom. The van der Waals surface area contributed by atoms with E-state index < -0.39 is 0 Å². The highest BCUT2D eigenvalue weighted by molar-refractivity contribution is 5.55. The zero-order valence-electron chi connectivity index (χ0n) is 13.5. The van der Waals surface area contributed by atoms with E-state index in [4.69, 9.17) is 4.74 Å². The smallest absolute Gasteiger partial charge is 0.123 e. The molecule has 124 valence electrons. The second-order valence-electron chi connectivity index (χ2n) is 5.79. The van der Waals surface area contributed by atoms with Crippen LogP contribution in [0.25, 0.3) is 0 Å². The van der Waals surface area contributed by atoms with Gasteiger partial charge in [0.1, 0.15) is 5.82 Å². The van der Waals surface area contributed by atoms with Crippen LogP contribution in [0.3, 0.4) is 0 Å². The van der Waals surface area contributed by atoms with Crippen LogP contribution in [0, 0.1) is 5.82 Å². The largest absolute Gasteiger partial charge is 0.393 e. The Kier molecular flexibility index (Phi) is 6.61. The lowest BCUT2D eigenvalue weighted by Gasteiger charge is -2.34. The first-order valence-corrected chi connectivity index (χ1v) is 8.15. The minimum Gasteiger partial charge on any atom is -0.393 e. The lowest BCUT2D eigenvalue weighted by atomic mass is 10.0. The topological polar surface area (TPSA) is 44.7 Å². The predicted molar refractivity (Wildman–Crippen MR) is 86.8 cm³/mol. The summed E-state index contributed by atoms with van der Waals surface area (Å²) >= 11 is 0. The SMILES string of the molecule is CCOCCNC(C)c1cc(F)ccc1N1CCC(O)CC1. The molecule has 5 heteroatoms. The van der Waals surface area contributed by atoms with Crippen molar-refractivity contribution in [3.63, 3.8) is 0 Å².